The van der Waals surface area contributed by atoms with E-state index in [0.717, 1.165) is 0 Å². The Balaban J connectivity index is 2.40. The summed E-state index contributed by atoms with van der Waals surface area (Å²) in [4.78, 5) is 10.6. The zero-order valence-electron chi connectivity index (χ0n) is 8.62. The molecule has 1 N–H and O–H groups in total. The predicted octanol–water partition coefficient (Wildman–Crippen LogP) is 2.67. The summed E-state index contributed by atoms with van der Waals surface area (Å²) in [5, 5.41) is 8.66. The van der Waals surface area contributed by atoms with Gasteiger partial charge in [-0.3, -0.25) is 0 Å². The fraction of sp³-hybridized carbons (Fsp3) is 0.417. The highest BCUT2D eigenvalue weighted by Crippen LogP contribution is 2.36. The van der Waals surface area contributed by atoms with Gasteiger partial charge in [0.15, 0.2) is 0 Å². The second-order valence-electron chi connectivity index (χ2n) is 4.05. The summed E-state index contributed by atoms with van der Waals surface area (Å²) in [7, 11) is 0. The number of alkyl halides is 1. The lowest BCUT2D eigenvalue weighted by Crippen LogP contribution is -2.27. The fourth-order valence-corrected chi connectivity index (χ4v) is 2.32. The minimum absolute atomic E-state index is 0.361. The zero-order chi connectivity index (χ0) is 11.7. The second kappa shape index (κ2) is 4.20. The molecule has 4 heteroatoms. The lowest BCUT2D eigenvalue weighted by Gasteiger charge is -2.26. The van der Waals surface area contributed by atoms with Crippen molar-refractivity contribution < 1.29 is 18.7 Å². The van der Waals surface area contributed by atoms with Crippen LogP contribution in [0.2, 0.25) is 0 Å². The van der Waals surface area contributed by atoms with Crippen LogP contribution in [0.4, 0.5) is 8.78 Å². The minimum atomic E-state index is -1.94. The zero-order valence-corrected chi connectivity index (χ0v) is 8.62. The molecule has 1 aliphatic rings. The van der Waals surface area contributed by atoms with Crippen LogP contribution in [0.3, 0.4) is 0 Å². The van der Waals surface area contributed by atoms with Crippen molar-refractivity contribution >= 4 is 5.97 Å². The summed E-state index contributed by atoms with van der Waals surface area (Å²) in [6, 6.07) is 4.45. The van der Waals surface area contributed by atoms with E-state index in [0.29, 0.717) is 30.4 Å². The molecule has 86 valence electrons. The maximum atomic E-state index is 13.5. The summed E-state index contributed by atoms with van der Waals surface area (Å²) in [6.45, 7) is 0. The molecule has 0 aromatic heterocycles. The summed E-state index contributed by atoms with van der Waals surface area (Å²) in [5.74, 6) is -2.54. The van der Waals surface area contributed by atoms with Gasteiger partial charge in [0.25, 0.3) is 0 Å². The van der Waals surface area contributed by atoms with Crippen LogP contribution >= 0.6 is 0 Å². The quantitative estimate of drug-likeness (QED) is 0.841. The van der Waals surface area contributed by atoms with Crippen molar-refractivity contribution in [3.05, 3.63) is 35.1 Å². The molecule has 2 rings (SSSR count). The van der Waals surface area contributed by atoms with Crippen molar-refractivity contribution in [3.8, 4) is 0 Å². The third-order valence-electron chi connectivity index (χ3n) is 3.09. The molecule has 0 saturated carbocycles. The molecule has 0 aliphatic heterocycles. The normalized spacial score (nSPS) is 21.2. The maximum Gasteiger partial charge on any atom is 0.338 e. The van der Waals surface area contributed by atoms with Crippen molar-refractivity contribution in [2.24, 2.45) is 0 Å². The van der Waals surface area contributed by atoms with Gasteiger partial charge in [-0.25, -0.2) is 13.6 Å². The van der Waals surface area contributed by atoms with Crippen LogP contribution in [0.15, 0.2) is 18.2 Å². The molecule has 2 nitrogen and oxygen atoms in total. The molecule has 1 aromatic carbocycles. The largest absolute Gasteiger partial charge is 0.479 e. The van der Waals surface area contributed by atoms with Crippen molar-refractivity contribution in [2.75, 3.05) is 0 Å². The van der Waals surface area contributed by atoms with Crippen LogP contribution in [-0.4, -0.2) is 17.2 Å². The number of rotatable bonds is 2. The molecule has 1 aromatic rings. The van der Waals surface area contributed by atoms with Crippen molar-refractivity contribution in [2.45, 2.75) is 31.4 Å². The fourth-order valence-electron chi connectivity index (χ4n) is 2.32. The molecule has 0 amide bonds. The molecule has 2 unspecified atom stereocenters. The number of hydrogen-bond donors (Lipinski definition) is 1. The monoisotopic (exact) mass is 226 g/mol. The van der Waals surface area contributed by atoms with E-state index < -0.39 is 18.1 Å². The Bertz CT molecular complexity index is 417. The Hall–Kier alpha value is -1.45. The molecular formula is C12H12F2O2. The van der Waals surface area contributed by atoms with Gasteiger partial charge < -0.3 is 5.11 Å². The van der Waals surface area contributed by atoms with Crippen LogP contribution in [0.25, 0.3) is 0 Å². The molecule has 1 aliphatic carbocycles. The second-order valence-corrected chi connectivity index (χ2v) is 4.05. The number of carboxylic acid groups (broad SMARTS) is 1. The number of carbonyl (C=O) groups is 1. The van der Waals surface area contributed by atoms with Crippen molar-refractivity contribution in [3.63, 3.8) is 0 Å². The van der Waals surface area contributed by atoms with E-state index in [1.807, 2.05) is 0 Å². The van der Waals surface area contributed by atoms with Gasteiger partial charge in [0, 0.05) is 5.92 Å². The van der Waals surface area contributed by atoms with Crippen LogP contribution in [0, 0.1) is 5.82 Å². The average Bonchev–Trinajstić information content (AvgIpc) is 2.28. The number of aliphatic carboxylic acids is 1. The van der Waals surface area contributed by atoms with Gasteiger partial charge >= 0.3 is 5.97 Å². The first-order chi connectivity index (χ1) is 7.61. The predicted molar refractivity (Wildman–Crippen MR) is 54.6 cm³/mol. The van der Waals surface area contributed by atoms with Gasteiger partial charge in [0.2, 0.25) is 6.17 Å². The standard InChI is InChI=1S/C12H12F2O2/c13-10-6-2-3-7-8(10)4-1-5-9(7)11(14)12(15)16/h2-3,6,9,11H,1,4-5H2,(H,15,16). The Kier molecular flexibility index (Phi) is 2.90. The lowest BCUT2D eigenvalue weighted by molar-refractivity contribution is -0.143. The Morgan fingerprint density at radius 1 is 1.50 bits per heavy atom. The smallest absolute Gasteiger partial charge is 0.338 e. The molecule has 0 radical (unpaired) electrons. The average molecular weight is 226 g/mol. The molecule has 0 spiro atoms. The highest BCUT2D eigenvalue weighted by atomic mass is 19.1. The summed E-state index contributed by atoms with van der Waals surface area (Å²) in [6.07, 6.45) is -0.290. The van der Waals surface area contributed by atoms with Crippen LogP contribution in [0.5, 0.6) is 0 Å². The van der Waals surface area contributed by atoms with Crippen molar-refractivity contribution in [1.29, 1.82) is 0 Å². The van der Waals surface area contributed by atoms with Gasteiger partial charge in [0.1, 0.15) is 5.82 Å². The van der Waals surface area contributed by atoms with Crippen molar-refractivity contribution in [1.82, 2.24) is 0 Å². The number of carboxylic acids is 1. The van der Waals surface area contributed by atoms with Gasteiger partial charge in [-0.15, -0.1) is 0 Å². The minimum Gasteiger partial charge on any atom is -0.479 e. The molecule has 0 fully saturated rings. The third-order valence-corrected chi connectivity index (χ3v) is 3.09. The molecule has 2 atom stereocenters. The number of halogens is 2. The van der Waals surface area contributed by atoms with E-state index in [-0.39, 0.29) is 5.82 Å². The first kappa shape index (κ1) is 11.0. The van der Waals surface area contributed by atoms with Crippen LogP contribution in [-0.2, 0) is 11.2 Å². The maximum absolute atomic E-state index is 13.5. The summed E-state index contributed by atoms with van der Waals surface area (Å²) < 4.78 is 26.9. The van der Waals surface area contributed by atoms with Gasteiger partial charge in [-0.05, 0) is 36.5 Å². The van der Waals surface area contributed by atoms with E-state index in [4.69, 9.17) is 5.11 Å². The summed E-state index contributed by atoms with van der Waals surface area (Å²) >= 11 is 0. The number of benzene rings is 1. The highest BCUT2D eigenvalue weighted by Gasteiger charge is 2.33. The lowest BCUT2D eigenvalue weighted by atomic mass is 9.80. The van der Waals surface area contributed by atoms with E-state index in [1.54, 1.807) is 6.07 Å². The SMILES string of the molecule is O=C(O)C(F)C1CCCc2c(F)cccc21. The number of hydrogen-bond acceptors (Lipinski definition) is 1. The topological polar surface area (TPSA) is 37.3 Å². The molecule has 0 bridgehead atoms. The Morgan fingerprint density at radius 3 is 2.94 bits per heavy atom. The van der Waals surface area contributed by atoms with E-state index in [2.05, 4.69) is 0 Å². The summed E-state index contributed by atoms with van der Waals surface area (Å²) in [5.41, 5.74) is 0.990. The van der Waals surface area contributed by atoms with Gasteiger partial charge in [-0.1, -0.05) is 12.1 Å². The molecular weight excluding hydrogens is 214 g/mol. The molecule has 0 heterocycles. The third kappa shape index (κ3) is 1.79. The first-order valence-corrected chi connectivity index (χ1v) is 5.25. The Labute approximate surface area is 91.9 Å². The van der Waals surface area contributed by atoms with E-state index in [9.17, 15) is 13.6 Å². The molecule has 16 heavy (non-hydrogen) atoms. The van der Waals surface area contributed by atoms with Gasteiger partial charge in [-0.2, -0.15) is 0 Å². The number of fused-ring (bicyclic) bond motifs is 1. The van der Waals surface area contributed by atoms with Crippen LogP contribution in [0.1, 0.15) is 29.9 Å². The molecule has 0 saturated heterocycles. The highest BCUT2D eigenvalue weighted by molar-refractivity contribution is 5.73. The van der Waals surface area contributed by atoms with Gasteiger partial charge in [0.05, 0.1) is 0 Å². The van der Waals surface area contributed by atoms with Crippen LogP contribution < -0.4 is 0 Å². The Morgan fingerprint density at radius 2 is 2.25 bits per heavy atom. The van der Waals surface area contributed by atoms with E-state index >= 15 is 0 Å². The first-order valence-electron chi connectivity index (χ1n) is 5.25. The van der Waals surface area contributed by atoms with E-state index in [1.165, 1.54) is 12.1 Å².